The third-order valence-electron chi connectivity index (χ3n) is 3.12. The fourth-order valence-corrected chi connectivity index (χ4v) is 2.15. The van der Waals surface area contributed by atoms with Crippen molar-refractivity contribution in [3.63, 3.8) is 0 Å². The van der Waals surface area contributed by atoms with Gasteiger partial charge in [0.1, 0.15) is 0 Å². The Morgan fingerprint density at radius 3 is 2.88 bits per heavy atom. The number of aromatic nitrogens is 3. The zero-order valence-electron chi connectivity index (χ0n) is 9.59. The molecule has 1 aromatic carbocycles. The molecule has 1 unspecified atom stereocenters. The summed E-state index contributed by atoms with van der Waals surface area (Å²) < 4.78 is 0. The topological polar surface area (TPSA) is 41.6 Å². The molecule has 2 aromatic heterocycles. The lowest BCUT2D eigenvalue weighted by Gasteiger charge is -2.12. The summed E-state index contributed by atoms with van der Waals surface area (Å²) in [5.41, 5.74) is 3.41. The van der Waals surface area contributed by atoms with Crippen LogP contribution in [0.5, 0.6) is 0 Å². The molecule has 0 spiro atoms. The quantitative estimate of drug-likeness (QED) is 0.725. The standard InChI is InChI=1S/C14H13N3/c1-10(13-8-15-9-17-13)12-6-2-4-11-5-3-7-16-14(11)12/h2-10H,1H3,(H,15,17). The minimum Gasteiger partial charge on any atom is -0.348 e. The Bertz CT molecular complexity index is 624. The third-order valence-corrected chi connectivity index (χ3v) is 3.12. The molecule has 1 atom stereocenters. The molecule has 84 valence electrons. The highest BCUT2D eigenvalue weighted by atomic mass is 14.9. The highest BCUT2D eigenvalue weighted by Crippen LogP contribution is 2.27. The molecule has 0 bridgehead atoms. The molecular formula is C14H13N3. The maximum Gasteiger partial charge on any atom is 0.0921 e. The van der Waals surface area contributed by atoms with E-state index < -0.39 is 0 Å². The number of fused-ring (bicyclic) bond motifs is 1. The molecule has 0 aliphatic rings. The van der Waals surface area contributed by atoms with Crippen molar-refractivity contribution in [3.05, 3.63) is 60.3 Å². The number of hydrogen-bond acceptors (Lipinski definition) is 2. The largest absolute Gasteiger partial charge is 0.348 e. The van der Waals surface area contributed by atoms with Gasteiger partial charge in [-0.15, -0.1) is 0 Å². The van der Waals surface area contributed by atoms with Crippen molar-refractivity contribution in [2.24, 2.45) is 0 Å². The van der Waals surface area contributed by atoms with Crippen LogP contribution in [0.1, 0.15) is 24.1 Å². The molecule has 0 radical (unpaired) electrons. The number of imidazole rings is 1. The molecule has 0 aliphatic heterocycles. The molecular weight excluding hydrogens is 210 g/mol. The van der Waals surface area contributed by atoms with E-state index >= 15 is 0 Å². The van der Waals surface area contributed by atoms with E-state index in [9.17, 15) is 0 Å². The van der Waals surface area contributed by atoms with Crippen LogP contribution in [0, 0.1) is 0 Å². The van der Waals surface area contributed by atoms with Crippen LogP contribution in [0.3, 0.4) is 0 Å². The Morgan fingerprint density at radius 1 is 1.18 bits per heavy atom. The molecule has 17 heavy (non-hydrogen) atoms. The van der Waals surface area contributed by atoms with Gasteiger partial charge in [-0.1, -0.05) is 31.2 Å². The highest BCUT2D eigenvalue weighted by molar-refractivity contribution is 5.82. The van der Waals surface area contributed by atoms with E-state index in [0.717, 1.165) is 11.2 Å². The van der Waals surface area contributed by atoms with Crippen LogP contribution in [0.4, 0.5) is 0 Å². The van der Waals surface area contributed by atoms with Crippen molar-refractivity contribution in [2.45, 2.75) is 12.8 Å². The first kappa shape index (κ1) is 10.0. The van der Waals surface area contributed by atoms with Crippen LogP contribution < -0.4 is 0 Å². The number of benzene rings is 1. The van der Waals surface area contributed by atoms with Gasteiger partial charge < -0.3 is 4.98 Å². The van der Waals surface area contributed by atoms with Crippen molar-refractivity contribution in [3.8, 4) is 0 Å². The predicted molar refractivity (Wildman–Crippen MR) is 67.8 cm³/mol. The van der Waals surface area contributed by atoms with E-state index in [1.807, 2.05) is 18.5 Å². The van der Waals surface area contributed by atoms with E-state index in [2.05, 4.69) is 46.1 Å². The smallest absolute Gasteiger partial charge is 0.0921 e. The highest BCUT2D eigenvalue weighted by Gasteiger charge is 2.13. The van der Waals surface area contributed by atoms with Crippen molar-refractivity contribution in [1.29, 1.82) is 0 Å². The van der Waals surface area contributed by atoms with E-state index in [1.54, 1.807) is 6.33 Å². The minimum atomic E-state index is 0.274. The fraction of sp³-hybridized carbons (Fsp3) is 0.143. The van der Waals surface area contributed by atoms with Crippen molar-refractivity contribution in [1.82, 2.24) is 15.0 Å². The van der Waals surface area contributed by atoms with Crippen LogP contribution in [0.15, 0.2) is 49.1 Å². The second kappa shape index (κ2) is 4.01. The molecule has 0 amide bonds. The third kappa shape index (κ3) is 1.69. The van der Waals surface area contributed by atoms with Gasteiger partial charge in [-0.2, -0.15) is 0 Å². The van der Waals surface area contributed by atoms with Gasteiger partial charge >= 0.3 is 0 Å². The van der Waals surface area contributed by atoms with Crippen LogP contribution >= 0.6 is 0 Å². The monoisotopic (exact) mass is 223 g/mol. The summed E-state index contributed by atoms with van der Waals surface area (Å²) in [6.07, 6.45) is 5.42. The molecule has 1 N–H and O–H groups in total. The molecule has 0 fully saturated rings. The summed E-state index contributed by atoms with van der Waals surface area (Å²) >= 11 is 0. The van der Waals surface area contributed by atoms with Gasteiger partial charge in [-0.25, -0.2) is 4.98 Å². The fourth-order valence-electron chi connectivity index (χ4n) is 2.15. The molecule has 3 nitrogen and oxygen atoms in total. The Balaban J connectivity index is 2.17. The second-order valence-corrected chi connectivity index (χ2v) is 4.15. The van der Waals surface area contributed by atoms with Crippen molar-refractivity contribution < 1.29 is 0 Å². The first-order valence-corrected chi connectivity index (χ1v) is 5.68. The number of nitrogens with one attached hydrogen (secondary N) is 1. The Labute approximate surface area is 99.5 Å². The summed E-state index contributed by atoms with van der Waals surface area (Å²) in [4.78, 5) is 11.7. The normalized spacial score (nSPS) is 12.8. The molecule has 3 rings (SSSR count). The van der Waals surface area contributed by atoms with Gasteiger partial charge in [0.2, 0.25) is 0 Å². The van der Waals surface area contributed by atoms with Crippen LogP contribution in [-0.4, -0.2) is 15.0 Å². The molecule has 3 aromatic rings. The Kier molecular flexibility index (Phi) is 2.37. The molecule has 0 saturated heterocycles. The number of hydrogen-bond donors (Lipinski definition) is 1. The summed E-state index contributed by atoms with van der Waals surface area (Å²) in [6, 6.07) is 10.3. The average Bonchev–Trinajstić information content (AvgIpc) is 2.91. The zero-order valence-corrected chi connectivity index (χ0v) is 9.59. The molecule has 0 aliphatic carbocycles. The van der Waals surface area contributed by atoms with E-state index in [1.165, 1.54) is 10.9 Å². The van der Waals surface area contributed by atoms with E-state index in [4.69, 9.17) is 0 Å². The molecule has 3 heteroatoms. The second-order valence-electron chi connectivity index (χ2n) is 4.15. The summed E-state index contributed by atoms with van der Waals surface area (Å²) in [7, 11) is 0. The van der Waals surface area contributed by atoms with E-state index in [0.29, 0.717) is 0 Å². The zero-order chi connectivity index (χ0) is 11.7. The summed E-state index contributed by atoms with van der Waals surface area (Å²) in [5, 5.41) is 1.18. The van der Waals surface area contributed by atoms with Gasteiger partial charge in [0.05, 0.1) is 11.8 Å². The maximum absolute atomic E-state index is 4.48. The van der Waals surface area contributed by atoms with Crippen LogP contribution in [-0.2, 0) is 0 Å². The van der Waals surface area contributed by atoms with Crippen LogP contribution in [0.25, 0.3) is 10.9 Å². The minimum absolute atomic E-state index is 0.274. The number of H-pyrrole nitrogens is 1. The number of para-hydroxylation sites is 1. The first-order valence-electron chi connectivity index (χ1n) is 5.68. The van der Waals surface area contributed by atoms with E-state index in [-0.39, 0.29) is 5.92 Å². The summed E-state index contributed by atoms with van der Waals surface area (Å²) in [6.45, 7) is 2.16. The lowest BCUT2D eigenvalue weighted by Crippen LogP contribution is -1.98. The van der Waals surface area contributed by atoms with Gasteiger partial charge in [0.15, 0.2) is 0 Å². The van der Waals surface area contributed by atoms with Gasteiger partial charge in [0, 0.05) is 29.4 Å². The van der Waals surface area contributed by atoms with Gasteiger partial charge in [-0.3, -0.25) is 4.98 Å². The maximum atomic E-state index is 4.48. The number of pyridine rings is 1. The SMILES string of the molecule is CC(c1cnc[nH]1)c1cccc2cccnc12. The lowest BCUT2D eigenvalue weighted by molar-refractivity contribution is 0.889. The predicted octanol–water partition coefficient (Wildman–Crippen LogP) is 3.11. The molecule has 2 heterocycles. The average molecular weight is 223 g/mol. The van der Waals surface area contributed by atoms with Gasteiger partial charge in [0.25, 0.3) is 0 Å². The van der Waals surface area contributed by atoms with Crippen molar-refractivity contribution in [2.75, 3.05) is 0 Å². The first-order chi connectivity index (χ1) is 8.36. The number of aromatic amines is 1. The summed E-state index contributed by atoms with van der Waals surface area (Å²) in [5.74, 6) is 0.274. The number of rotatable bonds is 2. The molecule has 0 saturated carbocycles. The Morgan fingerprint density at radius 2 is 2.06 bits per heavy atom. The van der Waals surface area contributed by atoms with Gasteiger partial charge in [-0.05, 0) is 11.6 Å². The lowest BCUT2D eigenvalue weighted by atomic mass is 9.96. The number of nitrogens with zero attached hydrogens (tertiary/aromatic N) is 2. The van der Waals surface area contributed by atoms with Crippen LogP contribution in [0.2, 0.25) is 0 Å². The Hall–Kier alpha value is -2.16. The van der Waals surface area contributed by atoms with Crippen molar-refractivity contribution >= 4 is 10.9 Å².